The third kappa shape index (κ3) is 4.49. The van der Waals surface area contributed by atoms with E-state index in [1.54, 1.807) is 0 Å². The molecule has 0 aromatic heterocycles. The second-order valence-corrected chi connectivity index (χ2v) is 7.31. The Labute approximate surface area is 154 Å². The molecule has 1 heterocycles. The topological polar surface area (TPSA) is 15.3 Å². The Morgan fingerprint density at radius 3 is 2.54 bits per heavy atom. The molecule has 1 fully saturated rings. The minimum absolute atomic E-state index is 0.750. The number of hydrogen-bond donors (Lipinski definition) is 1. The molecule has 0 amide bonds. The molecule has 2 nitrogen and oxygen atoms in total. The average Bonchev–Trinajstić information content (AvgIpc) is 2.60. The van der Waals surface area contributed by atoms with Gasteiger partial charge >= 0.3 is 0 Å². The Bertz CT molecular complexity index is 694. The van der Waals surface area contributed by atoms with Crippen LogP contribution in [-0.2, 0) is 6.42 Å². The molecule has 0 radical (unpaired) electrons. The van der Waals surface area contributed by atoms with Gasteiger partial charge in [-0.2, -0.15) is 0 Å². The fourth-order valence-corrected chi connectivity index (χ4v) is 3.64. The van der Waals surface area contributed by atoms with Crippen molar-refractivity contribution in [3.05, 3.63) is 64.7 Å². The van der Waals surface area contributed by atoms with Gasteiger partial charge < -0.3 is 10.2 Å². The van der Waals surface area contributed by atoms with Gasteiger partial charge in [0.25, 0.3) is 0 Å². The van der Waals surface area contributed by atoms with Gasteiger partial charge in [0.05, 0.1) is 0 Å². The first-order valence-corrected chi connectivity index (χ1v) is 9.26. The van der Waals surface area contributed by atoms with Gasteiger partial charge in [-0.05, 0) is 67.6 Å². The molecule has 2 aromatic rings. The van der Waals surface area contributed by atoms with E-state index in [4.69, 9.17) is 23.8 Å². The number of aryl methyl sites for hydroxylation is 1. The first-order valence-electron chi connectivity index (χ1n) is 8.48. The van der Waals surface area contributed by atoms with Crippen molar-refractivity contribution in [2.75, 3.05) is 18.4 Å². The summed E-state index contributed by atoms with van der Waals surface area (Å²) in [5.74, 6) is 0.750. The lowest BCUT2D eigenvalue weighted by atomic mass is 9.90. The molecule has 0 saturated carbocycles. The van der Waals surface area contributed by atoms with E-state index in [-0.39, 0.29) is 0 Å². The van der Waals surface area contributed by atoms with Gasteiger partial charge in [-0.25, -0.2) is 0 Å². The highest BCUT2D eigenvalue weighted by Crippen LogP contribution is 2.24. The number of rotatable bonds is 3. The highest BCUT2D eigenvalue weighted by molar-refractivity contribution is 7.80. The van der Waals surface area contributed by atoms with Gasteiger partial charge in [-0.3, -0.25) is 0 Å². The average molecular weight is 359 g/mol. The Kier molecular flexibility index (Phi) is 5.75. The van der Waals surface area contributed by atoms with Crippen molar-refractivity contribution in [2.24, 2.45) is 5.92 Å². The van der Waals surface area contributed by atoms with Crippen molar-refractivity contribution < 1.29 is 0 Å². The monoisotopic (exact) mass is 358 g/mol. The van der Waals surface area contributed by atoms with Crippen molar-refractivity contribution in [3.63, 3.8) is 0 Å². The van der Waals surface area contributed by atoms with Crippen LogP contribution in [0.15, 0.2) is 48.5 Å². The lowest BCUT2D eigenvalue weighted by molar-refractivity contribution is 0.268. The maximum Gasteiger partial charge on any atom is 0.173 e. The number of halogens is 1. The summed E-state index contributed by atoms with van der Waals surface area (Å²) >= 11 is 11.8. The maximum atomic E-state index is 6.18. The lowest BCUT2D eigenvalue weighted by Gasteiger charge is -2.34. The number of thiocarbonyl (C=S) groups is 1. The summed E-state index contributed by atoms with van der Waals surface area (Å²) in [5.41, 5.74) is 3.47. The number of benzene rings is 2. The van der Waals surface area contributed by atoms with E-state index in [9.17, 15) is 0 Å². The summed E-state index contributed by atoms with van der Waals surface area (Å²) in [4.78, 5) is 2.27. The van der Waals surface area contributed by atoms with Gasteiger partial charge in [0.2, 0.25) is 0 Å². The molecule has 0 aliphatic carbocycles. The van der Waals surface area contributed by atoms with Crippen LogP contribution in [0.1, 0.15) is 24.0 Å². The molecule has 4 heteroatoms. The van der Waals surface area contributed by atoms with Gasteiger partial charge in [0.1, 0.15) is 0 Å². The van der Waals surface area contributed by atoms with Crippen molar-refractivity contribution in [3.8, 4) is 0 Å². The molecule has 126 valence electrons. The summed E-state index contributed by atoms with van der Waals surface area (Å²) in [7, 11) is 0. The predicted octanol–water partition coefficient (Wildman–Crippen LogP) is 5.30. The quantitative estimate of drug-likeness (QED) is 0.749. The second-order valence-electron chi connectivity index (χ2n) is 6.51. The zero-order valence-electron chi connectivity index (χ0n) is 14.0. The normalized spacial score (nSPS) is 15.3. The van der Waals surface area contributed by atoms with E-state index >= 15 is 0 Å². The van der Waals surface area contributed by atoms with Crippen LogP contribution in [0.3, 0.4) is 0 Å². The molecule has 1 saturated heterocycles. The zero-order chi connectivity index (χ0) is 16.9. The van der Waals surface area contributed by atoms with E-state index in [1.165, 1.54) is 24.8 Å². The number of anilines is 1. The molecule has 1 aliphatic rings. The molecule has 3 rings (SSSR count). The summed E-state index contributed by atoms with van der Waals surface area (Å²) < 4.78 is 0. The van der Waals surface area contributed by atoms with Gasteiger partial charge in [-0.1, -0.05) is 48.0 Å². The van der Waals surface area contributed by atoms with Crippen LogP contribution in [0.4, 0.5) is 5.69 Å². The third-order valence-electron chi connectivity index (χ3n) is 4.69. The number of nitrogens with one attached hydrogen (secondary N) is 1. The van der Waals surface area contributed by atoms with E-state index in [1.807, 2.05) is 25.1 Å². The number of piperidine rings is 1. The first kappa shape index (κ1) is 17.2. The Balaban J connectivity index is 1.50. The summed E-state index contributed by atoms with van der Waals surface area (Å²) in [6.07, 6.45) is 3.54. The van der Waals surface area contributed by atoms with E-state index in [2.05, 4.69) is 40.5 Å². The Hall–Kier alpha value is -1.58. The smallest absolute Gasteiger partial charge is 0.173 e. The summed E-state index contributed by atoms with van der Waals surface area (Å²) in [5, 5.41) is 4.88. The van der Waals surface area contributed by atoms with Crippen molar-refractivity contribution in [1.82, 2.24) is 4.90 Å². The van der Waals surface area contributed by atoms with Crippen molar-refractivity contribution in [2.45, 2.75) is 26.2 Å². The molecule has 1 aliphatic heterocycles. The fourth-order valence-electron chi connectivity index (χ4n) is 3.16. The van der Waals surface area contributed by atoms with Gasteiger partial charge in [-0.15, -0.1) is 0 Å². The Morgan fingerprint density at radius 1 is 1.17 bits per heavy atom. The standard InChI is InChI=1S/C20H23ClN2S/c1-15-7-8-18(14-19(15)21)22-20(24)23-11-9-17(10-12-23)13-16-5-3-2-4-6-16/h2-8,14,17H,9-13H2,1H3,(H,22,24). The number of nitrogens with zero attached hydrogens (tertiary/aromatic N) is 1. The highest BCUT2D eigenvalue weighted by Gasteiger charge is 2.21. The van der Waals surface area contributed by atoms with Crippen molar-refractivity contribution >= 4 is 34.6 Å². The summed E-state index contributed by atoms with van der Waals surface area (Å²) in [6, 6.07) is 16.7. The van der Waals surface area contributed by atoms with Crippen LogP contribution in [0.25, 0.3) is 0 Å². The van der Waals surface area contributed by atoms with Gasteiger partial charge in [0, 0.05) is 23.8 Å². The predicted molar refractivity (Wildman–Crippen MR) is 107 cm³/mol. The molecular weight excluding hydrogens is 336 g/mol. The molecule has 24 heavy (non-hydrogen) atoms. The van der Waals surface area contributed by atoms with Crippen LogP contribution in [0.5, 0.6) is 0 Å². The lowest BCUT2D eigenvalue weighted by Crippen LogP contribution is -2.41. The van der Waals surface area contributed by atoms with Crippen molar-refractivity contribution in [1.29, 1.82) is 0 Å². The first-order chi connectivity index (χ1) is 11.6. The molecular formula is C20H23ClN2S. The minimum Gasteiger partial charge on any atom is -0.349 e. The zero-order valence-corrected chi connectivity index (χ0v) is 15.5. The molecule has 0 unspecified atom stereocenters. The van der Waals surface area contributed by atoms with Crippen LogP contribution < -0.4 is 5.32 Å². The fraction of sp³-hybridized carbons (Fsp3) is 0.350. The number of hydrogen-bond acceptors (Lipinski definition) is 1. The molecule has 1 N–H and O–H groups in total. The van der Waals surface area contributed by atoms with E-state index < -0.39 is 0 Å². The Morgan fingerprint density at radius 2 is 1.88 bits per heavy atom. The van der Waals surface area contributed by atoms with E-state index in [0.29, 0.717) is 0 Å². The summed E-state index contributed by atoms with van der Waals surface area (Å²) in [6.45, 7) is 4.04. The van der Waals surface area contributed by atoms with Crippen LogP contribution >= 0.6 is 23.8 Å². The highest BCUT2D eigenvalue weighted by atomic mass is 35.5. The molecule has 0 spiro atoms. The molecule has 0 bridgehead atoms. The van der Waals surface area contributed by atoms with E-state index in [0.717, 1.165) is 40.4 Å². The second kappa shape index (κ2) is 8.00. The minimum atomic E-state index is 0.750. The van der Waals surface area contributed by atoms with Gasteiger partial charge in [0.15, 0.2) is 5.11 Å². The van der Waals surface area contributed by atoms with Crippen LogP contribution in [-0.4, -0.2) is 23.1 Å². The van der Waals surface area contributed by atoms with Crippen LogP contribution in [0, 0.1) is 12.8 Å². The SMILES string of the molecule is Cc1ccc(NC(=S)N2CCC(Cc3ccccc3)CC2)cc1Cl. The molecule has 0 atom stereocenters. The molecule has 2 aromatic carbocycles. The van der Waals surface area contributed by atoms with Crippen LogP contribution in [0.2, 0.25) is 5.02 Å². The maximum absolute atomic E-state index is 6.18. The largest absolute Gasteiger partial charge is 0.349 e. The third-order valence-corrected chi connectivity index (χ3v) is 5.46. The number of likely N-dealkylation sites (tertiary alicyclic amines) is 1.